The molecule has 35 heavy (non-hydrogen) atoms. The first-order chi connectivity index (χ1) is 17.1. The molecule has 2 fully saturated rings. The summed E-state index contributed by atoms with van der Waals surface area (Å²) in [6, 6.07) is 7.54. The number of piperidine rings is 1. The third kappa shape index (κ3) is 5.72. The maximum Gasteiger partial charge on any atom is 0.157 e. The number of nitrogens with zero attached hydrogens (tertiary/aromatic N) is 5. The molecule has 2 aliphatic heterocycles. The fourth-order valence-electron chi connectivity index (χ4n) is 5.31. The Kier molecular flexibility index (Phi) is 7.72. The van der Waals surface area contributed by atoms with Gasteiger partial charge >= 0.3 is 0 Å². The summed E-state index contributed by atoms with van der Waals surface area (Å²) in [5.41, 5.74) is 1.58. The standard InChI is InChI=1S/C25H31Cl2N7O/c26-18-12-19(27)14-20(13-18)31-23(16-35)33-9-3-4-21(15-33)34(11-10-32-7-1-2-8-32)25-22-5-6-28-24(22)29-17-30-25/h5-6,12-14,16-17,21,23,31H,1-4,7-11,15H2,(H,28,29,30). The molecule has 186 valence electrons. The Morgan fingerprint density at radius 2 is 1.94 bits per heavy atom. The summed E-state index contributed by atoms with van der Waals surface area (Å²) >= 11 is 12.3. The van der Waals surface area contributed by atoms with E-state index in [4.69, 9.17) is 28.2 Å². The van der Waals surface area contributed by atoms with E-state index in [9.17, 15) is 4.79 Å². The summed E-state index contributed by atoms with van der Waals surface area (Å²) in [4.78, 5) is 31.6. The number of rotatable bonds is 9. The molecule has 2 atom stereocenters. The summed E-state index contributed by atoms with van der Waals surface area (Å²) in [6.07, 6.45) is 8.62. The Morgan fingerprint density at radius 1 is 1.14 bits per heavy atom. The molecule has 4 heterocycles. The molecular weight excluding hydrogens is 485 g/mol. The number of hydrogen-bond donors (Lipinski definition) is 2. The fraction of sp³-hybridized carbons (Fsp3) is 0.480. The van der Waals surface area contributed by atoms with Gasteiger partial charge in [0.2, 0.25) is 0 Å². The van der Waals surface area contributed by atoms with Crippen LogP contribution in [0.1, 0.15) is 25.7 Å². The van der Waals surface area contributed by atoms with Crippen LogP contribution in [0, 0.1) is 0 Å². The van der Waals surface area contributed by atoms with E-state index >= 15 is 0 Å². The lowest BCUT2D eigenvalue weighted by atomic mass is 10.0. The number of hydrogen-bond acceptors (Lipinski definition) is 7. The number of fused-ring (bicyclic) bond motifs is 1. The number of aldehydes is 1. The van der Waals surface area contributed by atoms with Gasteiger partial charge in [-0.3, -0.25) is 9.69 Å². The molecule has 5 rings (SSSR count). The van der Waals surface area contributed by atoms with E-state index in [0.717, 1.165) is 80.9 Å². The van der Waals surface area contributed by atoms with Crippen LogP contribution in [0.5, 0.6) is 0 Å². The topological polar surface area (TPSA) is 80.4 Å². The molecule has 0 spiro atoms. The second-order valence-electron chi connectivity index (χ2n) is 9.35. The highest BCUT2D eigenvalue weighted by Crippen LogP contribution is 2.29. The molecule has 8 nitrogen and oxygen atoms in total. The molecular formula is C25H31Cl2N7O. The molecule has 0 amide bonds. The molecule has 2 aromatic heterocycles. The van der Waals surface area contributed by atoms with Crippen LogP contribution in [-0.2, 0) is 4.79 Å². The van der Waals surface area contributed by atoms with E-state index in [0.29, 0.717) is 10.0 Å². The van der Waals surface area contributed by atoms with Gasteiger partial charge in [0, 0.05) is 54.2 Å². The van der Waals surface area contributed by atoms with Crippen LogP contribution < -0.4 is 10.2 Å². The van der Waals surface area contributed by atoms with Crippen molar-refractivity contribution in [2.24, 2.45) is 0 Å². The minimum Gasteiger partial charge on any atom is -0.364 e. The molecule has 2 aliphatic rings. The fourth-order valence-corrected chi connectivity index (χ4v) is 5.84. The molecule has 0 saturated carbocycles. The van der Waals surface area contributed by atoms with Crippen molar-refractivity contribution in [1.82, 2.24) is 24.8 Å². The van der Waals surface area contributed by atoms with Crippen molar-refractivity contribution in [3.8, 4) is 0 Å². The highest BCUT2D eigenvalue weighted by Gasteiger charge is 2.31. The third-order valence-electron chi connectivity index (χ3n) is 7.03. The lowest BCUT2D eigenvalue weighted by molar-refractivity contribution is -0.112. The van der Waals surface area contributed by atoms with Gasteiger partial charge in [-0.2, -0.15) is 0 Å². The normalized spacial score (nSPS) is 20.2. The first-order valence-electron chi connectivity index (χ1n) is 12.3. The van der Waals surface area contributed by atoms with Crippen molar-refractivity contribution in [2.45, 2.75) is 37.9 Å². The third-order valence-corrected chi connectivity index (χ3v) is 7.47. The van der Waals surface area contributed by atoms with Gasteiger partial charge in [0.15, 0.2) is 6.29 Å². The average molecular weight is 516 g/mol. The smallest absolute Gasteiger partial charge is 0.157 e. The lowest BCUT2D eigenvalue weighted by Gasteiger charge is -2.42. The first-order valence-corrected chi connectivity index (χ1v) is 13.1. The van der Waals surface area contributed by atoms with E-state index in [2.05, 4.69) is 30.0 Å². The predicted octanol–water partition coefficient (Wildman–Crippen LogP) is 4.27. The van der Waals surface area contributed by atoms with E-state index in [1.807, 2.05) is 12.3 Å². The second-order valence-corrected chi connectivity index (χ2v) is 10.2. The highest BCUT2D eigenvalue weighted by molar-refractivity contribution is 6.35. The second kappa shape index (κ2) is 11.1. The van der Waals surface area contributed by atoms with Crippen LogP contribution in [0.3, 0.4) is 0 Å². The number of aromatic amines is 1. The van der Waals surface area contributed by atoms with Gasteiger partial charge in [0.1, 0.15) is 24.0 Å². The molecule has 1 aromatic carbocycles. The Bertz CT molecular complexity index is 1130. The SMILES string of the molecule is O=CC(Nc1cc(Cl)cc(Cl)c1)N1CCCC(N(CCN2CCCC2)c2ncnc3[nH]ccc23)C1. The first kappa shape index (κ1) is 24.3. The largest absolute Gasteiger partial charge is 0.364 e. The summed E-state index contributed by atoms with van der Waals surface area (Å²) in [7, 11) is 0. The number of benzene rings is 1. The maximum atomic E-state index is 12.1. The molecule has 2 saturated heterocycles. The van der Waals surface area contributed by atoms with Crippen LogP contribution in [0.15, 0.2) is 36.8 Å². The summed E-state index contributed by atoms with van der Waals surface area (Å²) in [5, 5.41) is 5.42. The summed E-state index contributed by atoms with van der Waals surface area (Å²) in [5.74, 6) is 0.958. The monoisotopic (exact) mass is 515 g/mol. The quantitative estimate of drug-likeness (QED) is 0.412. The average Bonchev–Trinajstić information content (AvgIpc) is 3.55. The zero-order valence-electron chi connectivity index (χ0n) is 19.7. The van der Waals surface area contributed by atoms with Crippen molar-refractivity contribution in [2.75, 3.05) is 49.5 Å². The highest BCUT2D eigenvalue weighted by atomic mass is 35.5. The zero-order chi connectivity index (χ0) is 24.2. The van der Waals surface area contributed by atoms with E-state index < -0.39 is 6.17 Å². The van der Waals surface area contributed by atoms with E-state index in [1.54, 1.807) is 24.5 Å². The number of nitrogens with one attached hydrogen (secondary N) is 2. The minimum absolute atomic E-state index is 0.228. The molecule has 3 aromatic rings. The van der Waals surface area contributed by atoms with E-state index in [1.165, 1.54) is 12.8 Å². The molecule has 0 bridgehead atoms. The summed E-state index contributed by atoms with van der Waals surface area (Å²) in [6.45, 7) is 5.80. The van der Waals surface area contributed by atoms with Crippen LogP contribution >= 0.6 is 23.2 Å². The Balaban J connectivity index is 1.37. The molecule has 2 unspecified atom stereocenters. The number of halogens is 2. The molecule has 2 N–H and O–H groups in total. The van der Waals surface area contributed by atoms with Crippen LogP contribution in [0.4, 0.5) is 11.5 Å². The predicted molar refractivity (Wildman–Crippen MR) is 141 cm³/mol. The Hall–Kier alpha value is -2.39. The minimum atomic E-state index is -0.467. The number of carbonyl (C=O) groups is 1. The van der Waals surface area contributed by atoms with Crippen molar-refractivity contribution < 1.29 is 4.79 Å². The van der Waals surface area contributed by atoms with Gasteiger partial charge < -0.3 is 20.1 Å². The van der Waals surface area contributed by atoms with Crippen LogP contribution in [-0.4, -0.2) is 82.5 Å². The van der Waals surface area contributed by atoms with E-state index in [-0.39, 0.29) is 6.04 Å². The van der Waals surface area contributed by atoms with Crippen molar-refractivity contribution >= 4 is 52.0 Å². The summed E-state index contributed by atoms with van der Waals surface area (Å²) < 4.78 is 0. The Labute approximate surface area is 215 Å². The lowest BCUT2D eigenvalue weighted by Crippen LogP contribution is -2.55. The molecule has 10 heteroatoms. The molecule has 0 aliphatic carbocycles. The van der Waals surface area contributed by atoms with Crippen molar-refractivity contribution in [1.29, 1.82) is 0 Å². The number of likely N-dealkylation sites (tertiary alicyclic amines) is 2. The molecule has 0 radical (unpaired) electrons. The van der Waals surface area contributed by atoms with Crippen molar-refractivity contribution in [3.63, 3.8) is 0 Å². The van der Waals surface area contributed by atoms with Crippen molar-refractivity contribution in [3.05, 3.63) is 46.8 Å². The van der Waals surface area contributed by atoms with Gasteiger partial charge in [-0.25, -0.2) is 9.97 Å². The van der Waals surface area contributed by atoms with Gasteiger partial charge in [0.25, 0.3) is 0 Å². The van der Waals surface area contributed by atoms with Gasteiger partial charge in [-0.15, -0.1) is 0 Å². The maximum absolute atomic E-state index is 12.1. The van der Waals surface area contributed by atoms with Gasteiger partial charge in [0.05, 0.1) is 5.39 Å². The van der Waals surface area contributed by atoms with Gasteiger partial charge in [-0.05, 0) is 63.0 Å². The number of anilines is 2. The number of carbonyl (C=O) groups excluding carboxylic acids is 1. The Morgan fingerprint density at radius 3 is 2.71 bits per heavy atom. The van der Waals surface area contributed by atoms with Crippen LogP contribution in [0.2, 0.25) is 10.0 Å². The van der Waals surface area contributed by atoms with Gasteiger partial charge in [-0.1, -0.05) is 23.2 Å². The van der Waals surface area contributed by atoms with Crippen LogP contribution in [0.25, 0.3) is 11.0 Å². The number of H-pyrrole nitrogens is 1. The number of aromatic nitrogens is 3. The zero-order valence-corrected chi connectivity index (χ0v) is 21.2.